The average molecular weight is 236 g/mol. The predicted octanol–water partition coefficient (Wildman–Crippen LogP) is 3.01. The Morgan fingerprint density at radius 2 is 2.00 bits per heavy atom. The molecule has 0 unspecified atom stereocenters. The molecule has 3 nitrogen and oxygen atoms in total. The molecule has 0 radical (unpaired) electrons. The Bertz CT molecular complexity index is 402. The third kappa shape index (κ3) is 3.48. The summed E-state index contributed by atoms with van der Waals surface area (Å²) in [6.45, 7) is 6.35. The molecule has 3 heteroatoms. The SMILES string of the molecule is COc1c(CCC(=O)O)cccc1C(C)(C)C. The van der Waals surface area contributed by atoms with Crippen LogP contribution in [-0.4, -0.2) is 18.2 Å². The minimum Gasteiger partial charge on any atom is -0.496 e. The molecule has 1 aromatic carbocycles. The third-order valence-corrected chi connectivity index (χ3v) is 2.72. The highest BCUT2D eigenvalue weighted by atomic mass is 16.5. The van der Waals surface area contributed by atoms with Gasteiger partial charge in [0.2, 0.25) is 0 Å². The van der Waals surface area contributed by atoms with Crippen LogP contribution in [0, 0.1) is 0 Å². The Labute approximate surface area is 102 Å². The Morgan fingerprint density at radius 3 is 2.47 bits per heavy atom. The van der Waals surface area contributed by atoms with Gasteiger partial charge in [-0.1, -0.05) is 39.0 Å². The van der Waals surface area contributed by atoms with Crippen LogP contribution in [-0.2, 0) is 16.6 Å². The zero-order chi connectivity index (χ0) is 13.1. The molecule has 0 aliphatic carbocycles. The van der Waals surface area contributed by atoms with Crippen LogP contribution in [0.1, 0.15) is 38.3 Å². The van der Waals surface area contributed by atoms with E-state index in [0.29, 0.717) is 6.42 Å². The van der Waals surface area contributed by atoms with Gasteiger partial charge in [-0.05, 0) is 23.0 Å². The first-order valence-electron chi connectivity index (χ1n) is 5.74. The van der Waals surface area contributed by atoms with Crippen LogP contribution in [0.25, 0.3) is 0 Å². The van der Waals surface area contributed by atoms with Gasteiger partial charge in [-0.15, -0.1) is 0 Å². The first kappa shape index (κ1) is 13.6. The second-order valence-corrected chi connectivity index (χ2v) is 5.14. The van der Waals surface area contributed by atoms with E-state index in [1.165, 1.54) is 0 Å². The van der Waals surface area contributed by atoms with Crippen LogP contribution in [0.2, 0.25) is 0 Å². The maximum Gasteiger partial charge on any atom is 0.303 e. The van der Waals surface area contributed by atoms with Crippen LogP contribution < -0.4 is 4.74 Å². The molecular weight excluding hydrogens is 216 g/mol. The first-order valence-corrected chi connectivity index (χ1v) is 5.74. The van der Waals surface area contributed by atoms with E-state index in [0.717, 1.165) is 16.9 Å². The summed E-state index contributed by atoms with van der Waals surface area (Å²) in [6, 6.07) is 5.92. The Hall–Kier alpha value is -1.51. The van der Waals surface area contributed by atoms with Gasteiger partial charge in [-0.25, -0.2) is 0 Å². The van der Waals surface area contributed by atoms with Crippen molar-refractivity contribution in [3.05, 3.63) is 29.3 Å². The number of methoxy groups -OCH3 is 1. The number of carboxylic acid groups (broad SMARTS) is 1. The summed E-state index contributed by atoms with van der Waals surface area (Å²) < 4.78 is 5.44. The standard InChI is InChI=1S/C14H20O3/c1-14(2,3)11-7-5-6-10(13(11)17-4)8-9-12(15)16/h5-7H,8-9H2,1-4H3,(H,15,16). The zero-order valence-corrected chi connectivity index (χ0v) is 10.9. The smallest absolute Gasteiger partial charge is 0.303 e. The molecule has 0 aromatic heterocycles. The number of carboxylic acids is 1. The summed E-state index contributed by atoms with van der Waals surface area (Å²) in [4.78, 5) is 10.6. The second kappa shape index (κ2) is 5.21. The molecule has 0 bridgehead atoms. The lowest BCUT2D eigenvalue weighted by molar-refractivity contribution is -0.136. The van der Waals surface area contributed by atoms with Crippen molar-refractivity contribution >= 4 is 5.97 Å². The van der Waals surface area contributed by atoms with Crippen LogP contribution in [0.5, 0.6) is 5.75 Å². The highest BCUT2D eigenvalue weighted by Gasteiger charge is 2.20. The van der Waals surface area contributed by atoms with Crippen LogP contribution >= 0.6 is 0 Å². The van der Waals surface area contributed by atoms with Gasteiger partial charge in [0.1, 0.15) is 5.75 Å². The van der Waals surface area contributed by atoms with E-state index in [4.69, 9.17) is 9.84 Å². The van der Waals surface area contributed by atoms with E-state index in [1.807, 2.05) is 18.2 Å². The minimum atomic E-state index is -0.784. The van der Waals surface area contributed by atoms with Crippen LogP contribution in [0.15, 0.2) is 18.2 Å². The first-order chi connectivity index (χ1) is 7.86. The van der Waals surface area contributed by atoms with Crippen molar-refractivity contribution in [1.82, 2.24) is 0 Å². The van der Waals surface area contributed by atoms with Gasteiger partial charge in [-0.2, -0.15) is 0 Å². The molecule has 0 atom stereocenters. The molecule has 1 N–H and O–H groups in total. The van der Waals surface area contributed by atoms with E-state index in [-0.39, 0.29) is 11.8 Å². The van der Waals surface area contributed by atoms with Crippen molar-refractivity contribution in [3.8, 4) is 5.75 Å². The lowest BCUT2D eigenvalue weighted by Crippen LogP contribution is -2.14. The fourth-order valence-electron chi connectivity index (χ4n) is 1.85. The largest absolute Gasteiger partial charge is 0.496 e. The van der Waals surface area contributed by atoms with E-state index >= 15 is 0 Å². The fraction of sp³-hybridized carbons (Fsp3) is 0.500. The van der Waals surface area contributed by atoms with Gasteiger partial charge in [0.15, 0.2) is 0 Å². The quantitative estimate of drug-likeness (QED) is 0.874. The molecule has 0 saturated heterocycles. The summed E-state index contributed by atoms with van der Waals surface area (Å²) in [5.41, 5.74) is 2.06. The third-order valence-electron chi connectivity index (χ3n) is 2.72. The molecule has 1 aromatic rings. The lowest BCUT2D eigenvalue weighted by Gasteiger charge is -2.23. The number of rotatable bonds is 4. The van der Waals surface area contributed by atoms with Crippen molar-refractivity contribution in [2.75, 3.05) is 7.11 Å². The Morgan fingerprint density at radius 1 is 1.35 bits per heavy atom. The number of para-hydroxylation sites is 1. The summed E-state index contributed by atoms with van der Waals surface area (Å²) in [7, 11) is 1.63. The number of hydrogen-bond acceptors (Lipinski definition) is 2. The molecule has 0 heterocycles. The van der Waals surface area contributed by atoms with Gasteiger partial charge in [-0.3, -0.25) is 4.79 Å². The summed E-state index contributed by atoms with van der Waals surface area (Å²) in [6.07, 6.45) is 0.631. The highest BCUT2D eigenvalue weighted by molar-refractivity contribution is 5.67. The van der Waals surface area contributed by atoms with E-state index in [1.54, 1.807) is 7.11 Å². The Balaban J connectivity index is 3.10. The second-order valence-electron chi connectivity index (χ2n) is 5.14. The number of aliphatic carboxylic acids is 1. The van der Waals surface area contributed by atoms with Gasteiger partial charge >= 0.3 is 5.97 Å². The average Bonchev–Trinajstić information content (AvgIpc) is 2.24. The number of carbonyl (C=O) groups is 1. The van der Waals surface area contributed by atoms with Crippen molar-refractivity contribution < 1.29 is 14.6 Å². The molecule has 1 rings (SSSR count). The summed E-state index contributed by atoms with van der Waals surface area (Å²) >= 11 is 0. The topological polar surface area (TPSA) is 46.5 Å². The van der Waals surface area contributed by atoms with E-state index in [9.17, 15) is 4.79 Å². The highest BCUT2D eigenvalue weighted by Crippen LogP contribution is 2.34. The molecule has 0 aliphatic rings. The van der Waals surface area contributed by atoms with Crippen LogP contribution in [0.3, 0.4) is 0 Å². The molecule has 0 aliphatic heterocycles. The van der Waals surface area contributed by atoms with Crippen molar-refractivity contribution in [2.24, 2.45) is 0 Å². The minimum absolute atomic E-state index is 0.00935. The maximum atomic E-state index is 10.6. The zero-order valence-electron chi connectivity index (χ0n) is 10.9. The number of benzene rings is 1. The van der Waals surface area contributed by atoms with Gasteiger partial charge in [0.05, 0.1) is 7.11 Å². The molecule has 0 fully saturated rings. The normalized spacial score (nSPS) is 11.3. The lowest BCUT2D eigenvalue weighted by atomic mass is 9.84. The van der Waals surface area contributed by atoms with Crippen molar-refractivity contribution in [1.29, 1.82) is 0 Å². The molecule has 0 amide bonds. The predicted molar refractivity (Wildman–Crippen MR) is 67.7 cm³/mol. The maximum absolute atomic E-state index is 10.6. The molecule has 17 heavy (non-hydrogen) atoms. The molecule has 0 spiro atoms. The Kier molecular flexibility index (Phi) is 4.16. The van der Waals surface area contributed by atoms with E-state index < -0.39 is 5.97 Å². The van der Waals surface area contributed by atoms with Gasteiger partial charge in [0.25, 0.3) is 0 Å². The number of aryl methyl sites for hydroxylation is 1. The van der Waals surface area contributed by atoms with E-state index in [2.05, 4.69) is 20.8 Å². The van der Waals surface area contributed by atoms with Crippen molar-refractivity contribution in [2.45, 2.75) is 39.0 Å². The van der Waals surface area contributed by atoms with Gasteiger partial charge < -0.3 is 9.84 Å². The van der Waals surface area contributed by atoms with Crippen molar-refractivity contribution in [3.63, 3.8) is 0 Å². The van der Waals surface area contributed by atoms with Gasteiger partial charge in [0, 0.05) is 6.42 Å². The molecular formula is C14H20O3. The summed E-state index contributed by atoms with van der Waals surface area (Å²) in [5, 5.41) is 8.73. The number of hydrogen-bond donors (Lipinski definition) is 1. The molecule has 94 valence electrons. The summed E-state index contributed by atoms with van der Waals surface area (Å²) in [5.74, 6) is 0.0365. The molecule has 0 saturated carbocycles. The monoisotopic (exact) mass is 236 g/mol. The van der Waals surface area contributed by atoms with Crippen LogP contribution in [0.4, 0.5) is 0 Å². The fourth-order valence-corrected chi connectivity index (χ4v) is 1.85. The number of ether oxygens (including phenoxy) is 1.